The summed E-state index contributed by atoms with van der Waals surface area (Å²) >= 11 is 1.58. The summed E-state index contributed by atoms with van der Waals surface area (Å²) in [5, 5.41) is 1.04. The van der Waals surface area contributed by atoms with Crippen molar-refractivity contribution in [3.05, 3.63) is 92.6 Å². The summed E-state index contributed by atoms with van der Waals surface area (Å²) in [7, 11) is 1.84. The van der Waals surface area contributed by atoms with Crippen LogP contribution in [0.15, 0.2) is 75.4 Å². The molecule has 0 N–H and O–H groups in total. The van der Waals surface area contributed by atoms with Crippen LogP contribution in [0.25, 0.3) is 11.2 Å². The van der Waals surface area contributed by atoms with Gasteiger partial charge in [0, 0.05) is 12.3 Å². The summed E-state index contributed by atoms with van der Waals surface area (Å²) < 4.78 is 4.73. The molecule has 30 heavy (non-hydrogen) atoms. The van der Waals surface area contributed by atoms with Gasteiger partial charge in [0.05, 0.1) is 13.1 Å². The van der Waals surface area contributed by atoms with Crippen molar-refractivity contribution in [1.29, 1.82) is 0 Å². The number of aryl methyl sites for hydroxylation is 1. The highest BCUT2D eigenvalue weighted by Crippen LogP contribution is 2.24. The lowest BCUT2D eigenvalue weighted by molar-refractivity contribution is 0.629. The summed E-state index contributed by atoms with van der Waals surface area (Å²) in [6.45, 7) is 4.73. The molecular formula is C23H24N4O2S. The summed E-state index contributed by atoms with van der Waals surface area (Å²) in [6, 6.07) is 19.3. The molecule has 7 heteroatoms. The SMILES string of the molecule is CC(C)Sc1nc2c(c(=O)n(Cc3ccccc3)c(=O)n2Cc2ccccc2)n1C. The second kappa shape index (κ2) is 8.36. The van der Waals surface area contributed by atoms with Crippen LogP contribution in [0.4, 0.5) is 0 Å². The number of hydrogen-bond acceptors (Lipinski definition) is 4. The number of aromatic nitrogens is 4. The first kappa shape index (κ1) is 20.2. The van der Waals surface area contributed by atoms with Gasteiger partial charge in [0.2, 0.25) is 0 Å². The quantitative estimate of drug-likeness (QED) is 0.448. The van der Waals surface area contributed by atoms with Crippen molar-refractivity contribution in [2.24, 2.45) is 7.05 Å². The summed E-state index contributed by atoms with van der Waals surface area (Å²) in [5.41, 5.74) is 2.11. The molecule has 0 atom stereocenters. The average Bonchev–Trinajstić information content (AvgIpc) is 3.05. The van der Waals surface area contributed by atoms with Gasteiger partial charge in [0.15, 0.2) is 16.3 Å². The first-order valence-corrected chi connectivity index (χ1v) is 10.8. The van der Waals surface area contributed by atoms with Gasteiger partial charge in [-0.3, -0.25) is 13.9 Å². The summed E-state index contributed by atoms with van der Waals surface area (Å²) in [4.78, 5) is 31.5. The third-order valence-electron chi connectivity index (χ3n) is 4.91. The fraction of sp³-hybridized carbons (Fsp3) is 0.261. The smallest absolute Gasteiger partial charge is 0.316 e. The summed E-state index contributed by atoms with van der Waals surface area (Å²) in [5.74, 6) is 0. The Morgan fingerprint density at radius 3 is 1.93 bits per heavy atom. The van der Waals surface area contributed by atoms with E-state index in [0.29, 0.717) is 23.0 Å². The molecule has 0 fully saturated rings. The molecule has 6 nitrogen and oxygen atoms in total. The van der Waals surface area contributed by atoms with Gasteiger partial charge in [0.1, 0.15) is 0 Å². The van der Waals surface area contributed by atoms with Crippen molar-refractivity contribution >= 4 is 22.9 Å². The number of rotatable bonds is 6. The highest BCUT2D eigenvalue weighted by molar-refractivity contribution is 7.99. The molecule has 0 aliphatic carbocycles. The third-order valence-corrected chi connectivity index (χ3v) is 5.96. The fourth-order valence-corrected chi connectivity index (χ4v) is 4.28. The zero-order valence-corrected chi connectivity index (χ0v) is 18.1. The molecule has 0 aliphatic rings. The van der Waals surface area contributed by atoms with Crippen LogP contribution in [-0.2, 0) is 20.1 Å². The van der Waals surface area contributed by atoms with Gasteiger partial charge < -0.3 is 4.57 Å². The van der Waals surface area contributed by atoms with Gasteiger partial charge in [-0.25, -0.2) is 9.78 Å². The molecule has 2 aromatic carbocycles. The molecule has 4 rings (SSSR count). The Labute approximate surface area is 178 Å². The Morgan fingerprint density at radius 1 is 0.867 bits per heavy atom. The van der Waals surface area contributed by atoms with Crippen molar-refractivity contribution in [3.8, 4) is 0 Å². The Balaban J connectivity index is 1.96. The van der Waals surface area contributed by atoms with E-state index in [9.17, 15) is 9.59 Å². The third kappa shape index (κ3) is 3.85. The molecule has 0 radical (unpaired) electrons. The van der Waals surface area contributed by atoms with E-state index in [1.54, 1.807) is 16.3 Å². The lowest BCUT2D eigenvalue weighted by atomic mass is 10.2. The van der Waals surface area contributed by atoms with Gasteiger partial charge in [-0.05, 0) is 11.1 Å². The predicted molar refractivity (Wildman–Crippen MR) is 121 cm³/mol. The molecular weight excluding hydrogens is 396 g/mol. The van der Waals surface area contributed by atoms with Gasteiger partial charge in [0.25, 0.3) is 5.56 Å². The molecule has 4 aromatic rings. The first-order chi connectivity index (χ1) is 14.5. The topological polar surface area (TPSA) is 61.8 Å². The maximum absolute atomic E-state index is 13.4. The zero-order chi connectivity index (χ0) is 21.3. The molecule has 0 saturated heterocycles. The molecule has 154 valence electrons. The maximum Gasteiger partial charge on any atom is 0.333 e. The van der Waals surface area contributed by atoms with E-state index in [1.165, 1.54) is 4.57 Å². The van der Waals surface area contributed by atoms with E-state index in [-0.39, 0.29) is 17.8 Å². The molecule has 0 amide bonds. The number of benzene rings is 2. The summed E-state index contributed by atoms with van der Waals surface area (Å²) in [6.07, 6.45) is 0. The van der Waals surface area contributed by atoms with Crippen LogP contribution in [0.5, 0.6) is 0 Å². The molecule has 0 aliphatic heterocycles. The Morgan fingerprint density at radius 2 is 1.40 bits per heavy atom. The van der Waals surface area contributed by atoms with Crippen LogP contribution < -0.4 is 11.2 Å². The lowest BCUT2D eigenvalue weighted by Crippen LogP contribution is -2.41. The largest absolute Gasteiger partial charge is 0.333 e. The van der Waals surface area contributed by atoms with E-state index >= 15 is 0 Å². The molecule has 0 unspecified atom stereocenters. The minimum absolute atomic E-state index is 0.223. The van der Waals surface area contributed by atoms with Crippen LogP contribution >= 0.6 is 11.8 Å². The van der Waals surface area contributed by atoms with Crippen LogP contribution in [0.1, 0.15) is 25.0 Å². The predicted octanol–water partition coefficient (Wildman–Crippen LogP) is 3.49. The van der Waals surface area contributed by atoms with Crippen molar-refractivity contribution in [2.45, 2.75) is 37.3 Å². The van der Waals surface area contributed by atoms with Crippen molar-refractivity contribution < 1.29 is 0 Å². The van der Waals surface area contributed by atoms with Crippen molar-refractivity contribution in [3.63, 3.8) is 0 Å². The van der Waals surface area contributed by atoms with Crippen LogP contribution in [0.2, 0.25) is 0 Å². The van der Waals surface area contributed by atoms with E-state index in [0.717, 1.165) is 16.3 Å². The molecule has 2 heterocycles. The van der Waals surface area contributed by atoms with Gasteiger partial charge in [-0.2, -0.15) is 0 Å². The van der Waals surface area contributed by atoms with Crippen LogP contribution in [0.3, 0.4) is 0 Å². The van der Waals surface area contributed by atoms with Gasteiger partial charge in [-0.1, -0.05) is 86.3 Å². The number of fused-ring (bicyclic) bond motifs is 1. The number of nitrogens with zero attached hydrogens (tertiary/aromatic N) is 4. The highest BCUT2D eigenvalue weighted by atomic mass is 32.2. The minimum Gasteiger partial charge on any atom is -0.316 e. The minimum atomic E-state index is -0.348. The monoisotopic (exact) mass is 420 g/mol. The van der Waals surface area contributed by atoms with E-state index in [4.69, 9.17) is 4.98 Å². The highest BCUT2D eigenvalue weighted by Gasteiger charge is 2.21. The second-order valence-corrected chi connectivity index (χ2v) is 9.07. The number of hydrogen-bond donors (Lipinski definition) is 0. The van der Waals surface area contributed by atoms with E-state index in [2.05, 4.69) is 13.8 Å². The Hall–Kier alpha value is -3.06. The standard InChI is InChI=1S/C23H24N4O2S/c1-16(2)30-22-24-20-19(25(22)3)21(28)27(15-18-12-8-5-9-13-18)23(29)26(20)14-17-10-6-4-7-11-17/h4-13,16H,14-15H2,1-3H3. The van der Waals surface area contributed by atoms with E-state index < -0.39 is 0 Å². The van der Waals surface area contributed by atoms with Crippen molar-refractivity contribution in [2.75, 3.05) is 0 Å². The average molecular weight is 421 g/mol. The first-order valence-electron chi connectivity index (χ1n) is 9.90. The Bertz CT molecular complexity index is 1290. The second-order valence-electron chi connectivity index (χ2n) is 7.52. The normalized spacial score (nSPS) is 11.5. The molecule has 0 saturated carbocycles. The molecule has 2 aromatic heterocycles. The lowest BCUT2D eigenvalue weighted by Gasteiger charge is -2.12. The van der Waals surface area contributed by atoms with E-state index in [1.807, 2.05) is 72.3 Å². The van der Waals surface area contributed by atoms with Gasteiger partial charge >= 0.3 is 5.69 Å². The zero-order valence-electron chi connectivity index (χ0n) is 17.3. The maximum atomic E-state index is 13.4. The molecule has 0 bridgehead atoms. The van der Waals surface area contributed by atoms with Crippen LogP contribution in [0, 0.1) is 0 Å². The van der Waals surface area contributed by atoms with Gasteiger partial charge in [-0.15, -0.1) is 0 Å². The number of thioether (sulfide) groups is 1. The van der Waals surface area contributed by atoms with Crippen molar-refractivity contribution in [1.82, 2.24) is 18.7 Å². The fourth-order valence-electron chi connectivity index (χ4n) is 3.47. The number of imidazole rings is 1. The van der Waals surface area contributed by atoms with Crippen LogP contribution in [-0.4, -0.2) is 23.9 Å². The molecule has 0 spiro atoms. The Kier molecular flexibility index (Phi) is 5.63.